The molecule has 1 aromatic carbocycles. The number of allylic oxidation sites excluding steroid dienone is 1. The summed E-state index contributed by atoms with van der Waals surface area (Å²) in [4.78, 5) is 0. The Labute approximate surface area is 115 Å². The second-order valence-corrected chi connectivity index (χ2v) is 4.83. The zero-order valence-electron chi connectivity index (χ0n) is 12.0. The first kappa shape index (κ1) is 13.9. The van der Waals surface area contributed by atoms with Crippen molar-refractivity contribution in [2.45, 2.75) is 31.7 Å². The van der Waals surface area contributed by atoms with Crippen LogP contribution in [0.3, 0.4) is 0 Å². The molecule has 0 spiro atoms. The Bertz CT molecular complexity index is 454. The lowest BCUT2D eigenvalue weighted by Crippen LogP contribution is -2.20. The van der Waals surface area contributed by atoms with Gasteiger partial charge in [0, 0.05) is 5.56 Å². The standard InChI is InChI=1S/C16H23NO2/c1-17-15(12-8-5-4-6-9-12)13-10-7-11-14(18-2)16(13)19-3/h7-8,10-11,15,17H,4-6,9H2,1-3H3. The molecule has 0 radical (unpaired) electrons. The summed E-state index contributed by atoms with van der Waals surface area (Å²) in [5, 5.41) is 3.41. The van der Waals surface area contributed by atoms with Crippen molar-refractivity contribution >= 4 is 0 Å². The highest BCUT2D eigenvalue weighted by Gasteiger charge is 2.21. The molecule has 0 amide bonds. The summed E-state index contributed by atoms with van der Waals surface area (Å²) in [6.07, 6.45) is 7.28. The van der Waals surface area contributed by atoms with Crippen LogP contribution in [0.1, 0.15) is 37.3 Å². The maximum absolute atomic E-state index is 5.55. The van der Waals surface area contributed by atoms with Gasteiger partial charge in [-0.25, -0.2) is 0 Å². The molecule has 1 aliphatic carbocycles. The van der Waals surface area contributed by atoms with Gasteiger partial charge in [-0.15, -0.1) is 0 Å². The fourth-order valence-electron chi connectivity index (χ4n) is 2.81. The molecule has 3 heteroatoms. The molecule has 0 aromatic heterocycles. The Morgan fingerprint density at radius 1 is 1.16 bits per heavy atom. The van der Waals surface area contributed by atoms with E-state index in [9.17, 15) is 0 Å². The fourth-order valence-corrected chi connectivity index (χ4v) is 2.81. The van der Waals surface area contributed by atoms with E-state index in [0.717, 1.165) is 23.5 Å². The highest BCUT2D eigenvalue weighted by Crippen LogP contribution is 2.39. The molecule has 1 atom stereocenters. The van der Waals surface area contributed by atoms with Crippen LogP contribution in [-0.2, 0) is 0 Å². The van der Waals surface area contributed by atoms with E-state index >= 15 is 0 Å². The number of nitrogens with one attached hydrogen (secondary N) is 1. The van der Waals surface area contributed by atoms with Gasteiger partial charge in [0.15, 0.2) is 11.5 Å². The van der Waals surface area contributed by atoms with Gasteiger partial charge in [0.05, 0.1) is 20.3 Å². The molecule has 1 N–H and O–H groups in total. The van der Waals surface area contributed by atoms with Crippen LogP contribution < -0.4 is 14.8 Å². The van der Waals surface area contributed by atoms with Crippen LogP contribution in [0.25, 0.3) is 0 Å². The van der Waals surface area contributed by atoms with Crippen molar-refractivity contribution in [1.82, 2.24) is 5.32 Å². The van der Waals surface area contributed by atoms with Gasteiger partial charge >= 0.3 is 0 Å². The predicted octanol–water partition coefficient (Wildman–Crippen LogP) is 3.46. The molecule has 0 heterocycles. The zero-order chi connectivity index (χ0) is 13.7. The summed E-state index contributed by atoms with van der Waals surface area (Å²) in [6.45, 7) is 0. The number of hydrogen-bond acceptors (Lipinski definition) is 3. The number of methoxy groups -OCH3 is 2. The van der Waals surface area contributed by atoms with Crippen LogP contribution in [0, 0.1) is 0 Å². The lowest BCUT2D eigenvalue weighted by atomic mass is 9.89. The minimum absolute atomic E-state index is 0.213. The predicted molar refractivity (Wildman–Crippen MR) is 77.9 cm³/mol. The highest BCUT2D eigenvalue weighted by atomic mass is 16.5. The normalized spacial score (nSPS) is 16.7. The molecule has 1 unspecified atom stereocenters. The smallest absolute Gasteiger partial charge is 0.165 e. The van der Waals surface area contributed by atoms with Gasteiger partial charge in [0.1, 0.15) is 0 Å². The minimum atomic E-state index is 0.213. The van der Waals surface area contributed by atoms with Gasteiger partial charge in [0.25, 0.3) is 0 Å². The first-order chi connectivity index (χ1) is 9.31. The molecule has 104 valence electrons. The molecule has 3 nitrogen and oxygen atoms in total. The lowest BCUT2D eigenvalue weighted by molar-refractivity contribution is 0.348. The Kier molecular flexibility index (Phi) is 4.86. The molecule has 19 heavy (non-hydrogen) atoms. The van der Waals surface area contributed by atoms with Gasteiger partial charge in [-0.05, 0) is 38.8 Å². The van der Waals surface area contributed by atoms with Crippen LogP contribution in [0.2, 0.25) is 0 Å². The second-order valence-electron chi connectivity index (χ2n) is 4.83. The van der Waals surface area contributed by atoms with Crippen molar-refractivity contribution in [3.8, 4) is 11.5 Å². The number of ether oxygens (including phenoxy) is 2. The largest absolute Gasteiger partial charge is 0.493 e. The molecule has 0 aliphatic heterocycles. The Morgan fingerprint density at radius 3 is 2.58 bits per heavy atom. The van der Waals surface area contributed by atoms with Crippen LogP contribution in [0.5, 0.6) is 11.5 Å². The monoisotopic (exact) mass is 261 g/mol. The summed E-state index contributed by atoms with van der Waals surface area (Å²) >= 11 is 0. The van der Waals surface area contributed by atoms with Gasteiger partial charge in [-0.1, -0.05) is 23.8 Å². The number of para-hydroxylation sites is 1. The third-order valence-electron chi connectivity index (χ3n) is 3.73. The van der Waals surface area contributed by atoms with E-state index < -0.39 is 0 Å². The maximum Gasteiger partial charge on any atom is 0.165 e. The average molecular weight is 261 g/mol. The van der Waals surface area contributed by atoms with Gasteiger partial charge in [0.2, 0.25) is 0 Å². The Balaban J connectivity index is 2.40. The van der Waals surface area contributed by atoms with E-state index in [4.69, 9.17) is 9.47 Å². The average Bonchev–Trinajstić information content (AvgIpc) is 2.48. The summed E-state index contributed by atoms with van der Waals surface area (Å²) < 4.78 is 10.9. The highest BCUT2D eigenvalue weighted by molar-refractivity contribution is 5.50. The molecule has 1 aromatic rings. The van der Waals surface area contributed by atoms with E-state index in [2.05, 4.69) is 17.5 Å². The first-order valence-corrected chi connectivity index (χ1v) is 6.89. The number of benzene rings is 1. The fraction of sp³-hybridized carbons (Fsp3) is 0.500. The molecule has 0 fully saturated rings. The van der Waals surface area contributed by atoms with Crippen molar-refractivity contribution in [3.63, 3.8) is 0 Å². The van der Waals surface area contributed by atoms with Crippen molar-refractivity contribution in [3.05, 3.63) is 35.4 Å². The summed E-state index contributed by atoms with van der Waals surface area (Å²) in [6, 6.07) is 6.28. The molecule has 0 saturated carbocycles. The van der Waals surface area contributed by atoms with Gasteiger partial charge < -0.3 is 14.8 Å². The molecular weight excluding hydrogens is 238 g/mol. The summed E-state index contributed by atoms with van der Waals surface area (Å²) in [5.41, 5.74) is 2.61. The Morgan fingerprint density at radius 2 is 2.00 bits per heavy atom. The van der Waals surface area contributed by atoms with Gasteiger partial charge in [-0.3, -0.25) is 0 Å². The SMILES string of the molecule is CNC(C1=CCCCC1)c1cccc(OC)c1OC. The summed E-state index contributed by atoms with van der Waals surface area (Å²) in [7, 11) is 5.37. The number of likely N-dealkylation sites (N-methyl/N-ethyl adjacent to an activating group) is 1. The Hall–Kier alpha value is -1.48. The zero-order valence-corrected chi connectivity index (χ0v) is 12.0. The van der Waals surface area contributed by atoms with E-state index in [-0.39, 0.29) is 6.04 Å². The van der Waals surface area contributed by atoms with Crippen LogP contribution in [-0.4, -0.2) is 21.3 Å². The van der Waals surface area contributed by atoms with Crippen molar-refractivity contribution in [2.24, 2.45) is 0 Å². The van der Waals surface area contributed by atoms with E-state index in [1.54, 1.807) is 14.2 Å². The molecule has 0 saturated heterocycles. The minimum Gasteiger partial charge on any atom is -0.493 e. The third-order valence-corrected chi connectivity index (χ3v) is 3.73. The number of rotatable bonds is 5. The maximum atomic E-state index is 5.55. The quantitative estimate of drug-likeness (QED) is 0.823. The van der Waals surface area contributed by atoms with Crippen molar-refractivity contribution < 1.29 is 9.47 Å². The van der Waals surface area contributed by atoms with Crippen molar-refractivity contribution in [1.29, 1.82) is 0 Å². The lowest BCUT2D eigenvalue weighted by Gasteiger charge is -2.25. The van der Waals surface area contributed by atoms with E-state index in [1.807, 2.05) is 19.2 Å². The topological polar surface area (TPSA) is 30.5 Å². The van der Waals surface area contributed by atoms with Crippen LogP contribution in [0.15, 0.2) is 29.8 Å². The molecular formula is C16H23NO2. The van der Waals surface area contributed by atoms with E-state index in [0.29, 0.717) is 0 Å². The van der Waals surface area contributed by atoms with Crippen molar-refractivity contribution in [2.75, 3.05) is 21.3 Å². The molecule has 2 rings (SSSR count). The number of hydrogen-bond donors (Lipinski definition) is 1. The van der Waals surface area contributed by atoms with E-state index in [1.165, 1.54) is 24.8 Å². The van der Waals surface area contributed by atoms with Gasteiger partial charge in [-0.2, -0.15) is 0 Å². The van der Waals surface area contributed by atoms with Crippen LogP contribution >= 0.6 is 0 Å². The third kappa shape index (κ3) is 2.92. The molecule has 0 bridgehead atoms. The first-order valence-electron chi connectivity index (χ1n) is 6.89. The van der Waals surface area contributed by atoms with Crippen LogP contribution in [0.4, 0.5) is 0 Å². The second kappa shape index (κ2) is 6.62. The summed E-state index contributed by atoms with van der Waals surface area (Å²) in [5.74, 6) is 1.62. The molecule has 1 aliphatic rings.